The molecule has 1 aliphatic heterocycles. The molecule has 0 spiro atoms. The van der Waals surface area contributed by atoms with Gasteiger partial charge in [0.1, 0.15) is 11.6 Å². The first-order valence-electron chi connectivity index (χ1n) is 7.89. The third kappa shape index (κ3) is 3.45. The highest BCUT2D eigenvalue weighted by Gasteiger charge is 2.21. The molecule has 110 valence electrons. The predicted octanol–water partition coefficient (Wildman–Crippen LogP) is 2.47. The molecule has 2 aliphatic rings. The van der Waals surface area contributed by atoms with Gasteiger partial charge in [-0.05, 0) is 25.2 Å². The van der Waals surface area contributed by atoms with Gasteiger partial charge in [0.2, 0.25) is 5.95 Å². The second-order valence-electron chi connectivity index (χ2n) is 6.09. The molecular formula is C15H24N4O. The van der Waals surface area contributed by atoms with Crippen molar-refractivity contribution >= 4 is 5.95 Å². The average Bonchev–Trinajstić information content (AvgIpc) is 2.78. The van der Waals surface area contributed by atoms with Gasteiger partial charge in [-0.25, -0.2) is 4.98 Å². The highest BCUT2D eigenvalue weighted by Crippen LogP contribution is 2.30. The van der Waals surface area contributed by atoms with E-state index in [0.717, 1.165) is 37.7 Å². The molecule has 0 bridgehead atoms. The molecule has 1 atom stereocenters. The number of nitrogen functional groups attached to an aromatic ring is 1. The van der Waals surface area contributed by atoms with Crippen LogP contribution in [-0.2, 0) is 11.2 Å². The molecule has 1 aliphatic carbocycles. The van der Waals surface area contributed by atoms with Crippen molar-refractivity contribution in [2.75, 3.05) is 18.9 Å². The van der Waals surface area contributed by atoms with E-state index in [1.165, 1.54) is 38.5 Å². The number of anilines is 1. The van der Waals surface area contributed by atoms with Gasteiger partial charge in [0.05, 0.1) is 0 Å². The summed E-state index contributed by atoms with van der Waals surface area (Å²) in [5.74, 6) is 3.17. The van der Waals surface area contributed by atoms with E-state index in [4.69, 9.17) is 15.5 Å². The van der Waals surface area contributed by atoms with Crippen LogP contribution in [0.1, 0.15) is 62.5 Å². The Labute approximate surface area is 120 Å². The standard InChI is InChI=1S/C15H24N4O/c16-15-18-13(9-11-7-8-20-10-11)17-14(19-15)12-5-3-1-2-4-6-12/h11-12H,1-10H2,(H2,16,17,18,19). The number of rotatable bonds is 3. The molecule has 5 nitrogen and oxygen atoms in total. The number of nitrogens with zero attached hydrogens (tertiary/aromatic N) is 3. The van der Waals surface area contributed by atoms with Crippen LogP contribution in [0.2, 0.25) is 0 Å². The molecule has 5 heteroatoms. The Hall–Kier alpha value is -1.23. The van der Waals surface area contributed by atoms with E-state index in [-0.39, 0.29) is 0 Å². The molecule has 3 rings (SSSR count). The van der Waals surface area contributed by atoms with Crippen LogP contribution in [0.25, 0.3) is 0 Å². The summed E-state index contributed by atoms with van der Waals surface area (Å²) in [5.41, 5.74) is 5.89. The normalized spacial score (nSPS) is 24.7. The Balaban J connectivity index is 1.74. The van der Waals surface area contributed by atoms with Crippen LogP contribution in [0.3, 0.4) is 0 Å². The zero-order chi connectivity index (χ0) is 13.8. The lowest BCUT2D eigenvalue weighted by Gasteiger charge is -2.14. The molecule has 2 fully saturated rings. The van der Waals surface area contributed by atoms with Gasteiger partial charge in [-0.3, -0.25) is 0 Å². The largest absolute Gasteiger partial charge is 0.381 e. The zero-order valence-corrected chi connectivity index (χ0v) is 12.1. The van der Waals surface area contributed by atoms with Gasteiger partial charge in [-0.15, -0.1) is 0 Å². The molecule has 2 N–H and O–H groups in total. The van der Waals surface area contributed by atoms with Gasteiger partial charge in [0, 0.05) is 25.6 Å². The average molecular weight is 276 g/mol. The number of nitrogens with two attached hydrogens (primary N) is 1. The summed E-state index contributed by atoms with van der Waals surface area (Å²) < 4.78 is 5.42. The molecule has 1 aromatic rings. The summed E-state index contributed by atoms with van der Waals surface area (Å²) >= 11 is 0. The topological polar surface area (TPSA) is 73.9 Å². The van der Waals surface area contributed by atoms with Gasteiger partial charge in [0.25, 0.3) is 0 Å². The van der Waals surface area contributed by atoms with Crippen molar-refractivity contribution in [3.8, 4) is 0 Å². The van der Waals surface area contributed by atoms with Crippen molar-refractivity contribution in [2.24, 2.45) is 5.92 Å². The van der Waals surface area contributed by atoms with E-state index < -0.39 is 0 Å². The van der Waals surface area contributed by atoms with Crippen molar-refractivity contribution in [3.63, 3.8) is 0 Å². The fourth-order valence-corrected chi connectivity index (χ4v) is 3.27. The molecule has 1 saturated carbocycles. The number of ether oxygens (including phenoxy) is 1. The lowest BCUT2D eigenvalue weighted by Crippen LogP contribution is -2.14. The van der Waals surface area contributed by atoms with Crippen LogP contribution in [-0.4, -0.2) is 28.2 Å². The van der Waals surface area contributed by atoms with Crippen LogP contribution in [0.5, 0.6) is 0 Å². The first-order chi connectivity index (χ1) is 9.81. The van der Waals surface area contributed by atoms with Crippen LogP contribution in [0.4, 0.5) is 5.95 Å². The van der Waals surface area contributed by atoms with E-state index >= 15 is 0 Å². The summed E-state index contributed by atoms with van der Waals surface area (Å²) in [6, 6.07) is 0. The third-order valence-electron chi connectivity index (χ3n) is 4.43. The van der Waals surface area contributed by atoms with Crippen LogP contribution in [0, 0.1) is 5.92 Å². The fourth-order valence-electron chi connectivity index (χ4n) is 3.27. The predicted molar refractivity (Wildman–Crippen MR) is 77.3 cm³/mol. The van der Waals surface area contributed by atoms with Gasteiger partial charge in [-0.2, -0.15) is 9.97 Å². The lowest BCUT2D eigenvalue weighted by molar-refractivity contribution is 0.185. The summed E-state index contributed by atoms with van der Waals surface area (Å²) in [5, 5.41) is 0. The third-order valence-corrected chi connectivity index (χ3v) is 4.43. The van der Waals surface area contributed by atoms with Crippen molar-refractivity contribution in [1.29, 1.82) is 0 Å². The van der Waals surface area contributed by atoms with E-state index in [0.29, 0.717) is 17.8 Å². The van der Waals surface area contributed by atoms with Crippen LogP contribution in [0.15, 0.2) is 0 Å². The smallest absolute Gasteiger partial charge is 0.223 e. The first-order valence-corrected chi connectivity index (χ1v) is 7.89. The maximum atomic E-state index is 5.89. The van der Waals surface area contributed by atoms with E-state index in [9.17, 15) is 0 Å². The molecule has 1 saturated heterocycles. The van der Waals surface area contributed by atoms with Crippen molar-refractivity contribution in [2.45, 2.75) is 57.3 Å². The summed E-state index contributed by atoms with van der Waals surface area (Å²) in [6.07, 6.45) is 9.58. The summed E-state index contributed by atoms with van der Waals surface area (Å²) in [7, 11) is 0. The van der Waals surface area contributed by atoms with Crippen molar-refractivity contribution < 1.29 is 4.74 Å². The maximum Gasteiger partial charge on any atom is 0.223 e. The Morgan fingerprint density at radius 1 is 1.00 bits per heavy atom. The Bertz CT molecular complexity index is 437. The highest BCUT2D eigenvalue weighted by atomic mass is 16.5. The molecule has 20 heavy (non-hydrogen) atoms. The van der Waals surface area contributed by atoms with E-state index in [1.807, 2.05) is 0 Å². The second kappa shape index (κ2) is 6.48. The summed E-state index contributed by atoms with van der Waals surface area (Å²) in [6.45, 7) is 1.69. The molecule has 1 unspecified atom stereocenters. The van der Waals surface area contributed by atoms with Gasteiger partial charge in [-0.1, -0.05) is 25.7 Å². The molecule has 0 radical (unpaired) electrons. The monoisotopic (exact) mass is 276 g/mol. The number of hydrogen-bond acceptors (Lipinski definition) is 5. The Morgan fingerprint density at radius 3 is 2.50 bits per heavy atom. The maximum absolute atomic E-state index is 5.89. The second-order valence-corrected chi connectivity index (χ2v) is 6.09. The first kappa shape index (κ1) is 13.7. The minimum atomic E-state index is 0.383. The Kier molecular flexibility index (Phi) is 4.45. The van der Waals surface area contributed by atoms with Crippen molar-refractivity contribution in [1.82, 2.24) is 15.0 Å². The Morgan fingerprint density at radius 2 is 1.80 bits per heavy atom. The highest BCUT2D eigenvalue weighted by molar-refractivity contribution is 5.18. The van der Waals surface area contributed by atoms with Gasteiger partial charge >= 0.3 is 0 Å². The zero-order valence-electron chi connectivity index (χ0n) is 12.1. The molecule has 0 amide bonds. The lowest BCUT2D eigenvalue weighted by atomic mass is 9.99. The van der Waals surface area contributed by atoms with E-state index in [1.54, 1.807) is 0 Å². The van der Waals surface area contributed by atoms with Crippen molar-refractivity contribution in [3.05, 3.63) is 11.6 Å². The van der Waals surface area contributed by atoms with Crippen LogP contribution >= 0.6 is 0 Å². The van der Waals surface area contributed by atoms with Gasteiger partial charge in [0.15, 0.2) is 0 Å². The quantitative estimate of drug-likeness (QED) is 0.858. The fraction of sp³-hybridized carbons (Fsp3) is 0.800. The van der Waals surface area contributed by atoms with E-state index in [2.05, 4.69) is 9.97 Å². The van der Waals surface area contributed by atoms with Crippen LogP contribution < -0.4 is 5.73 Å². The molecule has 2 heterocycles. The van der Waals surface area contributed by atoms with Gasteiger partial charge < -0.3 is 10.5 Å². The molecule has 0 aromatic carbocycles. The summed E-state index contributed by atoms with van der Waals surface area (Å²) in [4.78, 5) is 13.4. The SMILES string of the molecule is Nc1nc(CC2CCOC2)nc(C2CCCCCC2)n1. The minimum Gasteiger partial charge on any atom is -0.381 e. The number of aromatic nitrogens is 3. The molecule has 1 aromatic heterocycles. The number of hydrogen-bond donors (Lipinski definition) is 1. The molecular weight excluding hydrogens is 252 g/mol. The minimum absolute atomic E-state index is 0.383.